The summed E-state index contributed by atoms with van der Waals surface area (Å²) in [5, 5.41) is 0.390. The molecular formula is C12H8ClF2NO. The third-order valence-electron chi connectivity index (χ3n) is 2.09. The van der Waals surface area contributed by atoms with E-state index in [1.54, 1.807) is 18.3 Å². The van der Waals surface area contributed by atoms with E-state index in [0.717, 1.165) is 17.7 Å². The van der Waals surface area contributed by atoms with Gasteiger partial charge < -0.3 is 4.74 Å². The monoisotopic (exact) mass is 255 g/mol. The molecule has 0 spiro atoms. The third-order valence-corrected chi connectivity index (χ3v) is 2.31. The number of halogens is 3. The van der Waals surface area contributed by atoms with Gasteiger partial charge in [0, 0.05) is 17.8 Å². The first-order valence-electron chi connectivity index (χ1n) is 4.83. The maximum absolute atomic E-state index is 12.9. The van der Waals surface area contributed by atoms with Gasteiger partial charge in [0.15, 0.2) is 11.6 Å². The summed E-state index contributed by atoms with van der Waals surface area (Å²) in [5.74, 6) is -1.57. The molecule has 0 aliphatic heterocycles. The maximum Gasteiger partial charge on any atom is 0.162 e. The van der Waals surface area contributed by atoms with Crippen LogP contribution in [0.2, 0.25) is 5.15 Å². The Morgan fingerprint density at radius 3 is 2.59 bits per heavy atom. The van der Waals surface area contributed by atoms with Crippen LogP contribution in [0.4, 0.5) is 8.78 Å². The Kier molecular flexibility index (Phi) is 3.54. The van der Waals surface area contributed by atoms with E-state index in [4.69, 9.17) is 16.3 Å². The largest absolute Gasteiger partial charge is 0.489 e. The highest BCUT2D eigenvalue weighted by Gasteiger charge is 2.03. The van der Waals surface area contributed by atoms with Crippen molar-refractivity contribution in [2.45, 2.75) is 6.61 Å². The fraction of sp³-hybridized carbons (Fsp3) is 0.0833. The van der Waals surface area contributed by atoms with Gasteiger partial charge in [0.05, 0.1) is 0 Å². The van der Waals surface area contributed by atoms with Crippen LogP contribution in [0.3, 0.4) is 0 Å². The summed E-state index contributed by atoms with van der Waals surface area (Å²) in [5.41, 5.74) is 0.791. The molecule has 17 heavy (non-hydrogen) atoms. The van der Waals surface area contributed by atoms with Crippen LogP contribution in [0, 0.1) is 11.6 Å². The topological polar surface area (TPSA) is 22.1 Å². The smallest absolute Gasteiger partial charge is 0.162 e. The fourth-order valence-corrected chi connectivity index (χ4v) is 1.34. The maximum atomic E-state index is 12.9. The number of pyridine rings is 1. The molecule has 0 radical (unpaired) electrons. The summed E-state index contributed by atoms with van der Waals surface area (Å²) in [7, 11) is 0. The van der Waals surface area contributed by atoms with Crippen LogP contribution in [0.25, 0.3) is 0 Å². The van der Waals surface area contributed by atoms with E-state index < -0.39 is 11.6 Å². The van der Waals surface area contributed by atoms with E-state index in [1.807, 2.05) is 0 Å². The molecule has 1 heterocycles. The molecule has 0 atom stereocenters. The van der Waals surface area contributed by atoms with E-state index in [9.17, 15) is 8.78 Å². The van der Waals surface area contributed by atoms with Crippen LogP contribution in [-0.4, -0.2) is 4.98 Å². The quantitative estimate of drug-likeness (QED) is 0.782. The van der Waals surface area contributed by atoms with Crippen LogP contribution in [0.5, 0.6) is 5.75 Å². The van der Waals surface area contributed by atoms with Crippen molar-refractivity contribution < 1.29 is 13.5 Å². The lowest BCUT2D eigenvalue weighted by Crippen LogP contribution is -1.97. The molecular weight excluding hydrogens is 248 g/mol. The number of nitrogens with zero attached hydrogens (tertiary/aromatic N) is 1. The fourth-order valence-electron chi connectivity index (χ4n) is 1.23. The van der Waals surface area contributed by atoms with Gasteiger partial charge >= 0.3 is 0 Å². The first-order valence-corrected chi connectivity index (χ1v) is 5.21. The Bertz CT molecular complexity index is 516. The van der Waals surface area contributed by atoms with Crippen molar-refractivity contribution in [2.24, 2.45) is 0 Å². The van der Waals surface area contributed by atoms with Gasteiger partial charge in [0.25, 0.3) is 0 Å². The minimum atomic E-state index is -0.934. The van der Waals surface area contributed by atoms with Crippen molar-refractivity contribution in [3.63, 3.8) is 0 Å². The Balaban J connectivity index is 2.02. The van der Waals surface area contributed by atoms with Crippen LogP contribution >= 0.6 is 11.6 Å². The van der Waals surface area contributed by atoms with Gasteiger partial charge in [0.2, 0.25) is 0 Å². The molecule has 2 rings (SSSR count). The summed E-state index contributed by atoms with van der Waals surface area (Å²) >= 11 is 5.62. The zero-order valence-corrected chi connectivity index (χ0v) is 9.42. The van der Waals surface area contributed by atoms with E-state index in [2.05, 4.69) is 4.98 Å². The second-order valence-corrected chi connectivity index (χ2v) is 3.74. The minimum Gasteiger partial charge on any atom is -0.489 e. The van der Waals surface area contributed by atoms with Crippen LogP contribution < -0.4 is 4.74 Å². The second kappa shape index (κ2) is 5.10. The predicted octanol–water partition coefficient (Wildman–Crippen LogP) is 3.59. The predicted molar refractivity (Wildman–Crippen MR) is 59.9 cm³/mol. The standard InChI is InChI=1S/C12H8ClF2NO/c13-12-4-1-8(6-16-12)7-17-9-2-3-10(14)11(15)5-9/h1-6H,7H2. The molecule has 0 amide bonds. The molecule has 0 unspecified atom stereocenters. The highest BCUT2D eigenvalue weighted by molar-refractivity contribution is 6.29. The first-order chi connectivity index (χ1) is 8.15. The normalized spacial score (nSPS) is 10.3. The molecule has 88 valence electrons. The molecule has 0 saturated carbocycles. The molecule has 0 N–H and O–H groups in total. The van der Waals surface area contributed by atoms with E-state index in [1.165, 1.54) is 6.07 Å². The molecule has 0 bridgehead atoms. The van der Waals surface area contributed by atoms with Gasteiger partial charge in [-0.1, -0.05) is 17.7 Å². The van der Waals surface area contributed by atoms with E-state index >= 15 is 0 Å². The summed E-state index contributed by atoms with van der Waals surface area (Å²) in [4.78, 5) is 3.87. The van der Waals surface area contributed by atoms with Gasteiger partial charge in [-0.2, -0.15) is 0 Å². The Labute approximate surface area is 102 Å². The molecule has 2 nitrogen and oxygen atoms in total. The van der Waals surface area contributed by atoms with E-state index in [0.29, 0.717) is 5.15 Å². The zero-order valence-electron chi connectivity index (χ0n) is 8.66. The van der Waals surface area contributed by atoms with Crippen molar-refractivity contribution >= 4 is 11.6 Å². The highest BCUT2D eigenvalue weighted by Crippen LogP contribution is 2.17. The molecule has 1 aromatic heterocycles. The average Bonchev–Trinajstić information content (AvgIpc) is 2.33. The van der Waals surface area contributed by atoms with Crippen molar-refractivity contribution in [3.8, 4) is 5.75 Å². The summed E-state index contributed by atoms with van der Waals surface area (Å²) < 4.78 is 30.8. The Morgan fingerprint density at radius 2 is 1.94 bits per heavy atom. The number of rotatable bonds is 3. The number of hydrogen-bond donors (Lipinski definition) is 0. The molecule has 5 heteroatoms. The lowest BCUT2D eigenvalue weighted by molar-refractivity contribution is 0.303. The average molecular weight is 256 g/mol. The van der Waals surface area contributed by atoms with Crippen molar-refractivity contribution in [1.82, 2.24) is 4.98 Å². The van der Waals surface area contributed by atoms with Gasteiger partial charge in [-0.15, -0.1) is 0 Å². The van der Waals surface area contributed by atoms with Crippen molar-refractivity contribution in [3.05, 3.63) is 58.9 Å². The number of ether oxygens (including phenoxy) is 1. The van der Waals surface area contributed by atoms with Gasteiger partial charge in [-0.3, -0.25) is 0 Å². The SMILES string of the molecule is Fc1ccc(OCc2ccc(Cl)nc2)cc1F. The minimum absolute atomic E-state index is 0.218. The van der Waals surface area contributed by atoms with Crippen molar-refractivity contribution in [1.29, 1.82) is 0 Å². The lowest BCUT2D eigenvalue weighted by atomic mass is 10.3. The molecule has 0 aliphatic rings. The Morgan fingerprint density at radius 1 is 1.12 bits per heavy atom. The lowest BCUT2D eigenvalue weighted by Gasteiger charge is -2.06. The molecule has 0 aliphatic carbocycles. The molecule has 1 aromatic carbocycles. The Hall–Kier alpha value is -1.68. The van der Waals surface area contributed by atoms with E-state index in [-0.39, 0.29) is 12.4 Å². The number of hydrogen-bond acceptors (Lipinski definition) is 2. The zero-order chi connectivity index (χ0) is 12.3. The van der Waals surface area contributed by atoms with Crippen LogP contribution in [0.15, 0.2) is 36.5 Å². The molecule has 0 saturated heterocycles. The summed E-state index contributed by atoms with van der Waals surface area (Å²) in [6.07, 6.45) is 1.56. The van der Waals surface area contributed by atoms with Gasteiger partial charge in [-0.05, 0) is 18.2 Å². The van der Waals surface area contributed by atoms with Crippen LogP contribution in [0.1, 0.15) is 5.56 Å². The number of aromatic nitrogens is 1. The number of benzene rings is 1. The summed E-state index contributed by atoms with van der Waals surface area (Å²) in [6, 6.07) is 6.76. The van der Waals surface area contributed by atoms with Gasteiger partial charge in [-0.25, -0.2) is 13.8 Å². The van der Waals surface area contributed by atoms with Crippen LogP contribution in [-0.2, 0) is 6.61 Å². The molecule has 2 aromatic rings. The second-order valence-electron chi connectivity index (χ2n) is 3.35. The highest BCUT2D eigenvalue weighted by atomic mass is 35.5. The van der Waals surface area contributed by atoms with Crippen molar-refractivity contribution in [2.75, 3.05) is 0 Å². The van der Waals surface area contributed by atoms with Gasteiger partial charge in [0.1, 0.15) is 17.5 Å². The first kappa shape index (κ1) is 11.8. The summed E-state index contributed by atoms with van der Waals surface area (Å²) in [6.45, 7) is 0.218. The third kappa shape index (κ3) is 3.14. The molecule has 0 fully saturated rings.